The van der Waals surface area contributed by atoms with Crippen LogP contribution in [0.15, 0.2) is 36.4 Å². The zero-order valence-electron chi connectivity index (χ0n) is 18.9. The summed E-state index contributed by atoms with van der Waals surface area (Å²) in [7, 11) is 2.11. The van der Waals surface area contributed by atoms with Crippen molar-refractivity contribution in [1.29, 1.82) is 5.26 Å². The molecule has 6 nitrogen and oxygen atoms in total. The number of nitriles is 1. The Morgan fingerprint density at radius 3 is 2.65 bits per heavy atom. The van der Waals surface area contributed by atoms with E-state index in [-0.39, 0.29) is 11.4 Å². The third-order valence-corrected chi connectivity index (χ3v) is 6.65. The van der Waals surface area contributed by atoms with Crippen molar-refractivity contribution in [1.82, 2.24) is 14.8 Å². The van der Waals surface area contributed by atoms with Crippen LogP contribution < -0.4 is 4.90 Å². The van der Waals surface area contributed by atoms with Crippen molar-refractivity contribution >= 4 is 11.7 Å². The Morgan fingerprint density at radius 1 is 1.23 bits per heavy atom. The Hall–Kier alpha value is -2.91. The fraction of sp³-hybridized carbons (Fsp3) is 0.480. The van der Waals surface area contributed by atoms with Crippen molar-refractivity contribution in [2.75, 3.05) is 31.6 Å². The van der Waals surface area contributed by atoms with Crippen molar-refractivity contribution in [3.63, 3.8) is 0 Å². The molecule has 1 fully saturated rings. The number of carbonyl (C=O) groups excluding carboxylic acids is 1. The van der Waals surface area contributed by atoms with Crippen molar-refractivity contribution in [3.8, 4) is 6.07 Å². The van der Waals surface area contributed by atoms with Crippen LogP contribution in [-0.4, -0.2) is 53.5 Å². The first-order chi connectivity index (χ1) is 14.8. The second kappa shape index (κ2) is 8.32. The molecular formula is C25H31N5O. The lowest BCUT2D eigenvalue weighted by molar-refractivity contribution is 0.133. The summed E-state index contributed by atoms with van der Waals surface area (Å²) in [5.41, 5.74) is 4.62. The Kier molecular flexibility index (Phi) is 5.72. The molecule has 2 aliphatic rings. The summed E-state index contributed by atoms with van der Waals surface area (Å²) in [4.78, 5) is 24.3. The number of nitrogens with zero attached hydrogens (tertiary/aromatic N) is 5. The molecule has 0 saturated carbocycles. The van der Waals surface area contributed by atoms with Gasteiger partial charge in [0.15, 0.2) is 0 Å². The number of aromatic nitrogens is 1. The summed E-state index contributed by atoms with van der Waals surface area (Å²) < 4.78 is 0. The number of anilines is 1. The summed E-state index contributed by atoms with van der Waals surface area (Å²) in [5, 5.41) is 9.34. The first-order valence-electron chi connectivity index (χ1n) is 11.0. The monoisotopic (exact) mass is 417 g/mol. The SMILES string of the molecule is Cc1ccc2c(n1)C(C)(C)CN2C(=O)N1CCC(N(C)Cc2ccccc2C#N)CC1. The minimum Gasteiger partial charge on any atom is -0.324 e. The molecule has 3 heterocycles. The molecule has 2 amide bonds. The molecule has 0 radical (unpaired) electrons. The highest BCUT2D eigenvalue weighted by atomic mass is 16.2. The van der Waals surface area contributed by atoms with Crippen molar-refractivity contribution in [2.24, 2.45) is 0 Å². The number of piperidine rings is 1. The minimum atomic E-state index is -0.135. The molecule has 0 spiro atoms. The average Bonchev–Trinajstić information content (AvgIpc) is 3.04. The fourth-order valence-electron chi connectivity index (χ4n) is 4.82. The molecule has 1 aromatic carbocycles. The molecular weight excluding hydrogens is 386 g/mol. The highest BCUT2D eigenvalue weighted by Crippen LogP contribution is 2.40. The van der Waals surface area contributed by atoms with Gasteiger partial charge in [-0.1, -0.05) is 32.0 Å². The van der Waals surface area contributed by atoms with Crippen LogP contribution >= 0.6 is 0 Å². The van der Waals surface area contributed by atoms with Gasteiger partial charge >= 0.3 is 6.03 Å². The van der Waals surface area contributed by atoms with Gasteiger partial charge in [-0.3, -0.25) is 14.8 Å². The van der Waals surface area contributed by atoms with Crippen molar-refractivity contribution in [2.45, 2.75) is 51.6 Å². The number of aryl methyl sites for hydroxylation is 1. The van der Waals surface area contributed by atoms with Gasteiger partial charge in [0.05, 0.1) is 23.0 Å². The lowest BCUT2D eigenvalue weighted by atomic mass is 9.91. The van der Waals surface area contributed by atoms with Crippen molar-refractivity contribution < 1.29 is 4.79 Å². The van der Waals surface area contributed by atoms with Crippen LogP contribution in [0.1, 0.15) is 49.2 Å². The second-order valence-corrected chi connectivity index (χ2v) is 9.48. The number of carbonyl (C=O) groups is 1. The standard InChI is InChI=1S/C25H31N5O/c1-18-9-10-22-23(27-18)25(2,3)17-30(22)24(31)29-13-11-21(12-14-29)28(4)16-20-8-6-5-7-19(20)15-26/h5-10,21H,11-14,16-17H2,1-4H3. The Balaban J connectivity index is 1.39. The van der Waals surface area contributed by atoms with Gasteiger partial charge in [0.25, 0.3) is 0 Å². The van der Waals surface area contributed by atoms with Gasteiger partial charge in [-0.15, -0.1) is 0 Å². The van der Waals surface area contributed by atoms with Crippen LogP contribution in [0.25, 0.3) is 0 Å². The van der Waals surface area contributed by atoms with Crippen LogP contribution in [-0.2, 0) is 12.0 Å². The topological polar surface area (TPSA) is 63.5 Å². The van der Waals surface area contributed by atoms with Gasteiger partial charge in [0.1, 0.15) is 0 Å². The van der Waals surface area contributed by atoms with Crippen LogP contribution in [0.3, 0.4) is 0 Å². The highest BCUT2D eigenvalue weighted by Gasteiger charge is 2.41. The van der Waals surface area contributed by atoms with E-state index >= 15 is 0 Å². The Labute approximate surface area is 185 Å². The van der Waals surface area contributed by atoms with Crippen LogP contribution in [0, 0.1) is 18.3 Å². The summed E-state index contributed by atoms with van der Waals surface area (Å²) in [5.74, 6) is 0. The Morgan fingerprint density at radius 2 is 1.94 bits per heavy atom. The van der Waals surface area contributed by atoms with Gasteiger partial charge in [0, 0.05) is 43.3 Å². The van der Waals surface area contributed by atoms with Crippen LogP contribution in [0.2, 0.25) is 0 Å². The van der Waals surface area contributed by atoms with E-state index < -0.39 is 0 Å². The normalized spacial score (nSPS) is 18.2. The van der Waals surface area contributed by atoms with Gasteiger partial charge in [0.2, 0.25) is 0 Å². The molecule has 0 atom stereocenters. The van der Waals surface area contributed by atoms with E-state index in [0.29, 0.717) is 12.6 Å². The molecule has 0 N–H and O–H groups in total. The third-order valence-electron chi connectivity index (χ3n) is 6.65. The van der Waals surface area contributed by atoms with E-state index in [4.69, 9.17) is 4.98 Å². The smallest absolute Gasteiger partial charge is 0.324 e. The Bertz CT molecular complexity index is 1020. The first-order valence-corrected chi connectivity index (χ1v) is 11.0. The minimum absolute atomic E-state index is 0.0911. The van der Waals surface area contributed by atoms with E-state index in [1.54, 1.807) is 0 Å². The number of urea groups is 1. The number of pyridine rings is 1. The second-order valence-electron chi connectivity index (χ2n) is 9.48. The van der Waals surface area contributed by atoms with Gasteiger partial charge in [-0.05, 0) is 50.6 Å². The van der Waals surface area contributed by atoms with E-state index in [1.165, 1.54) is 0 Å². The average molecular weight is 418 g/mol. The molecule has 0 bridgehead atoms. The molecule has 162 valence electrons. The van der Waals surface area contributed by atoms with Gasteiger partial charge in [-0.2, -0.15) is 5.26 Å². The summed E-state index contributed by atoms with van der Waals surface area (Å²) in [6, 6.07) is 14.6. The fourth-order valence-corrected chi connectivity index (χ4v) is 4.82. The van der Waals surface area contributed by atoms with Crippen LogP contribution in [0.4, 0.5) is 10.5 Å². The predicted molar refractivity (Wildman–Crippen MR) is 122 cm³/mol. The molecule has 1 saturated heterocycles. The molecule has 6 heteroatoms. The molecule has 31 heavy (non-hydrogen) atoms. The number of rotatable bonds is 3. The molecule has 2 aliphatic heterocycles. The number of likely N-dealkylation sites (tertiary alicyclic amines) is 1. The molecule has 1 aromatic heterocycles. The zero-order chi connectivity index (χ0) is 22.2. The van der Waals surface area contributed by atoms with E-state index in [0.717, 1.165) is 60.7 Å². The lowest BCUT2D eigenvalue weighted by Crippen LogP contribution is -2.50. The maximum absolute atomic E-state index is 13.4. The van der Waals surface area contributed by atoms with Crippen LogP contribution in [0.5, 0.6) is 0 Å². The first kappa shape index (κ1) is 21.3. The lowest BCUT2D eigenvalue weighted by Gasteiger charge is -2.38. The number of fused-ring (bicyclic) bond motifs is 1. The molecule has 0 aliphatic carbocycles. The summed E-state index contributed by atoms with van der Waals surface area (Å²) in [6.07, 6.45) is 1.88. The van der Waals surface area contributed by atoms with E-state index in [9.17, 15) is 10.1 Å². The molecule has 4 rings (SSSR count). The summed E-state index contributed by atoms with van der Waals surface area (Å²) >= 11 is 0. The van der Waals surface area contributed by atoms with Gasteiger partial charge in [-0.25, -0.2) is 4.79 Å². The third kappa shape index (κ3) is 4.15. The quantitative estimate of drug-likeness (QED) is 0.755. The maximum atomic E-state index is 13.4. The number of benzene rings is 1. The van der Waals surface area contributed by atoms with Crippen molar-refractivity contribution in [3.05, 3.63) is 58.9 Å². The predicted octanol–water partition coefficient (Wildman–Crippen LogP) is 4.08. The molecule has 0 unspecified atom stereocenters. The number of hydrogen-bond acceptors (Lipinski definition) is 4. The number of amides is 2. The molecule has 2 aromatic rings. The van der Waals surface area contributed by atoms with Gasteiger partial charge < -0.3 is 4.90 Å². The summed E-state index contributed by atoms with van der Waals surface area (Å²) in [6.45, 7) is 9.23. The van der Waals surface area contributed by atoms with E-state index in [1.807, 2.05) is 53.1 Å². The van der Waals surface area contributed by atoms with E-state index in [2.05, 4.69) is 31.9 Å². The highest BCUT2D eigenvalue weighted by molar-refractivity contribution is 5.94. The zero-order valence-corrected chi connectivity index (χ0v) is 18.9. The maximum Gasteiger partial charge on any atom is 0.324 e. The number of hydrogen-bond donors (Lipinski definition) is 0. The largest absolute Gasteiger partial charge is 0.324 e.